The summed E-state index contributed by atoms with van der Waals surface area (Å²) in [5.74, 6) is 0. The van der Waals surface area contributed by atoms with Crippen molar-refractivity contribution in [2.45, 2.75) is 31.6 Å². The van der Waals surface area contributed by atoms with Crippen molar-refractivity contribution >= 4 is 33.3 Å². The third-order valence-electron chi connectivity index (χ3n) is 3.14. The molecule has 0 aliphatic rings. The molecule has 1 rings (SSSR count). The van der Waals surface area contributed by atoms with Crippen LogP contribution in [0.3, 0.4) is 0 Å². The topological polar surface area (TPSA) is 67.2 Å². The molecule has 4 nitrogen and oxygen atoms in total. The van der Waals surface area contributed by atoms with Gasteiger partial charge in [0.15, 0.2) is 0 Å². The summed E-state index contributed by atoms with van der Waals surface area (Å²) in [6.07, 6.45) is 3.03. The van der Waals surface area contributed by atoms with E-state index in [0.29, 0.717) is 22.0 Å². The summed E-state index contributed by atoms with van der Waals surface area (Å²) < 4.78 is 27.4. The number of hydrogen-bond acceptors (Lipinski definition) is 4. The van der Waals surface area contributed by atoms with Gasteiger partial charge in [0.05, 0.1) is 18.9 Å². The van der Waals surface area contributed by atoms with Gasteiger partial charge in [0.1, 0.15) is 5.41 Å². The SMILES string of the molecule is CCCCC(C#N)(COS(C)(=O)=O)c1ccc(Cl)cc1Cl. The maximum Gasteiger partial charge on any atom is 0.264 e. The predicted octanol–water partition coefficient (Wildman–Crippen LogP) is 3.92. The summed E-state index contributed by atoms with van der Waals surface area (Å²) in [7, 11) is -3.64. The molecule has 0 bridgehead atoms. The molecule has 1 aromatic rings. The first-order valence-corrected chi connectivity index (χ1v) is 9.02. The van der Waals surface area contributed by atoms with E-state index in [4.69, 9.17) is 27.4 Å². The molecule has 0 spiro atoms. The first-order valence-electron chi connectivity index (χ1n) is 6.45. The molecule has 0 aromatic heterocycles. The highest BCUT2D eigenvalue weighted by atomic mass is 35.5. The normalized spacial score (nSPS) is 14.4. The number of nitrogens with zero attached hydrogens (tertiary/aromatic N) is 1. The minimum absolute atomic E-state index is 0.260. The van der Waals surface area contributed by atoms with Crippen molar-refractivity contribution in [2.24, 2.45) is 0 Å². The van der Waals surface area contributed by atoms with Crippen LogP contribution in [0.15, 0.2) is 18.2 Å². The Hall–Kier alpha value is -0.800. The fraction of sp³-hybridized carbons (Fsp3) is 0.500. The number of halogens is 2. The second-order valence-electron chi connectivity index (χ2n) is 4.89. The van der Waals surface area contributed by atoms with Gasteiger partial charge in [-0.1, -0.05) is 49.0 Å². The van der Waals surface area contributed by atoms with Crippen molar-refractivity contribution in [3.05, 3.63) is 33.8 Å². The van der Waals surface area contributed by atoms with Crippen LogP contribution in [0.2, 0.25) is 10.0 Å². The van der Waals surface area contributed by atoms with Crippen molar-refractivity contribution in [1.29, 1.82) is 5.26 Å². The summed E-state index contributed by atoms with van der Waals surface area (Å²) in [5, 5.41) is 10.4. The minimum atomic E-state index is -3.64. The Morgan fingerprint density at radius 2 is 2.05 bits per heavy atom. The maximum atomic E-state index is 11.3. The highest BCUT2D eigenvalue weighted by Gasteiger charge is 2.35. The molecule has 0 amide bonds. The molecule has 0 aliphatic heterocycles. The van der Waals surface area contributed by atoms with Gasteiger partial charge in [-0.05, 0) is 24.1 Å². The molecule has 0 saturated carbocycles. The Labute approximate surface area is 135 Å². The lowest BCUT2D eigenvalue weighted by Crippen LogP contribution is -2.32. The van der Waals surface area contributed by atoms with Crippen LogP contribution in [0.4, 0.5) is 0 Å². The summed E-state index contributed by atoms with van der Waals surface area (Å²) in [6, 6.07) is 7.00. The van der Waals surface area contributed by atoms with Crippen LogP contribution >= 0.6 is 23.2 Å². The standard InChI is InChI=1S/C14H17Cl2NO3S/c1-3-4-7-14(9-17,10-20-21(2,18)19)12-6-5-11(15)8-13(12)16/h5-6,8H,3-4,7,10H2,1-2H3. The maximum absolute atomic E-state index is 11.3. The van der Waals surface area contributed by atoms with Crippen LogP contribution in [0.1, 0.15) is 31.7 Å². The fourth-order valence-electron chi connectivity index (χ4n) is 2.00. The number of rotatable bonds is 7. The van der Waals surface area contributed by atoms with E-state index in [1.54, 1.807) is 12.1 Å². The Morgan fingerprint density at radius 1 is 1.38 bits per heavy atom. The van der Waals surface area contributed by atoms with Crippen LogP contribution in [-0.4, -0.2) is 21.3 Å². The van der Waals surface area contributed by atoms with Crippen molar-refractivity contribution < 1.29 is 12.6 Å². The highest BCUT2D eigenvalue weighted by molar-refractivity contribution is 7.85. The smallest absolute Gasteiger partial charge is 0.264 e. The lowest BCUT2D eigenvalue weighted by molar-refractivity contribution is 0.247. The van der Waals surface area contributed by atoms with E-state index in [1.165, 1.54) is 6.07 Å². The summed E-state index contributed by atoms with van der Waals surface area (Å²) in [4.78, 5) is 0. The molecule has 0 aliphatic carbocycles. The third kappa shape index (κ3) is 5.15. The summed E-state index contributed by atoms with van der Waals surface area (Å²) >= 11 is 12.1. The number of nitriles is 1. The molecular weight excluding hydrogens is 333 g/mol. The van der Waals surface area contributed by atoms with Gasteiger partial charge in [0.25, 0.3) is 10.1 Å². The van der Waals surface area contributed by atoms with Gasteiger partial charge in [-0.15, -0.1) is 0 Å². The Balaban J connectivity index is 3.25. The summed E-state index contributed by atoms with van der Waals surface area (Å²) in [5.41, 5.74) is -0.575. The quantitative estimate of drug-likeness (QED) is 0.699. The van der Waals surface area contributed by atoms with Crippen molar-refractivity contribution in [1.82, 2.24) is 0 Å². The van der Waals surface area contributed by atoms with E-state index in [9.17, 15) is 13.7 Å². The molecule has 1 aromatic carbocycles. The van der Waals surface area contributed by atoms with Gasteiger partial charge in [-0.25, -0.2) is 0 Å². The highest BCUT2D eigenvalue weighted by Crippen LogP contribution is 2.36. The van der Waals surface area contributed by atoms with Gasteiger partial charge in [-0.3, -0.25) is 4.18 Å². The average molecular weight is 350 g/mol. The van der Waals surface area contributed by atoms with E-state index in [1.807, 2.05) is 6.92 Å². The third-order valence-corrected chi connectivity index (χ3v) is 4.23. The number of unbranched alkanes of at least 4 members (excludes halogenated alkanes) is 1. The molecular formula is C14H17Cl2NO3S. The lowest BCUT2D eigenvalue weighted by atomic mass is 9.78. The van der Waals surface area contributed by atoms with Gasteiger partial charge in [0.2, 0.25) is 0 Å². The molecule has 0 radical (unpaired) electrons. The molecule has 0 N–H and O–H groups in total. The molecule has 7 heteroatoms. The molecule has 1 unspecified atom stereocenters. The first kappa shape index (κ1) is 18.2. The van der Waals surface area contributed by atoms with Crippen LogP contribution in [-0.2, 0) is 19.7 Å². The van der Waals surface area contributed by atoms with Crippen LogP contribution in [0.5, 0.6) is 0 Å². The molecule has 116 valence electrons. The van der Waals surface area contributed by atoms with Gasteiger partial charge in [-0.2, -0.15) is 13.7 Å². The minimum Gasteiger partial charge on any atom is -0.268 e. The van der Waals surface area contributed by atoms with Gasteiger partial charge < -0.3 is 0 Å². The largest absolute Gasteiger partial charge is 0.268 e. The molecule has 1 atom stereocenters. The number of benzene rings is 1. The predicted molar refractivity (Wildman–Crippen MR) is 84.1 cm³/mol. The molecule has 21 heavy (non-hydrogen) atoms. The monoisotopic (exact) mass is 349 g/mol. The second-order valence-corrected chi connectivity index (χ2v) is 7.38. The van der Waals surface area contributed by atoms with E-state index in [-0.39, 0.29) is 6.61 Å². The van der Waals surface area contributed by atoms with Crippen LogP contribution in [0.25, 0.3) is 0 Å². The number of hydrogen-bond donors (Lipinski definition) is 0. The van der Waals surface area contributed by atoms with Crippen molar-refractivity contribution in [3.63, 3.8) is 0 Å². The zero-order valence-corrected chi connectivity index (χ0v) is 14.2. The fourth-order valence-corrected chi connectivity index (χ4v) is 3.00. The van der Waals surface area contributed by atoms with Gasteiger partial charge >= 0.3 is 0 Å². The van der Waals surface area contributed by atoms with Crippen LogP contribution in [0, 0.1) is 11.3 Å². The van der Waals surface area contributed by atoms with E-state index in [2.05, 4.69) is 6.07 Å². The van der Waals surface area contributed by atoms with E-state index < -0.39 is 15.5 Å². The Morgan fingerprint density at radius 3 is 2.52 bits per heavy atom. The Bertz CT molecular complexity index is 640. The zero-order valence-electron chi connectivity index (χ0n) is 11.9. The van der Waals surface area contributed by atoms with Crippen molar-refractivity contribution in [2.75, 3.05) is 12.9 Å². The van der Waals surface area contributed by atoms with Gasteiger partial charge in [0, 0.05) is 10.0 Å². The van der Waals surface area contributed by atoms with Crippen molar-refractivity contribution in [3.8, 4) is 6.07 Å². The van der Waals surface area contributed by atoms with E-state index >= 15 is 0 Å². The zero-order chi connectivity index (χ0) is 16.1. The Kier molecular flexibility index (Phi) is 6.48. The average Bonchev–Trinajstić information content (AvgIpc) is 2.39. The first-order chi connectivity index (χ1) is 9.74. The molecule has 0 saturated heterocycles. The summed E-state index contributed by atoms with van der Waals surface area (Å²) in [6.45, 7) is 1.73. The van der Waals surface area contributed by atoms with E-state index in [0.717, 1.165) is 19.1 Å². The molecule has 0 fully saturated rings. The second kappa shape index (κ2) is 7.46. The van der Waals surface area contributed by atoms with Crippen LogP contribution < -0.4 is 0 Å². The molecule has 0 heterocycles. The lowest BCUT2D eigenvalue weighted by Gasteiger charge is -2.27.